The van der Waals surface area contributed by atoms with Gasteiger partial charge in [-0.2, -0.15) is 0 Å². The van der Waals surface area contributed by atoms with Crippen molar-refractivity contribution in [1.29, 1.82) is 0 Å². The topological polar surface area (TPSA) is 55.1 Å². The van der Waals surface area contributed by atoms with Crippen molar-refractivity contribution in [2.75, 3.05) is 0 Å². The van der Waals surface area contributed by atoms with E-state index in [-0.39, 0.29) is 17.6 Å². The average molecular weight is 196 g/mol. The van der Waals surface area contributed by atoms with Crippen LogP contribution >= 0.6 is 0 Å². The lowest BCUT2D eigenvalue weighted by molar-refractivity contribution is 0.0469. The standard InChI is InChI=1S/C10H16N2O2/c1-10(2,3)8(13)7-12-6-4-5-11-9(12)14/h4-6,8,13H,7H2,1-3H3. The van der Waals surface area contributed by atoms with Crippen molar-refractivity contribution in [2.24, 2.45) is 5.41 Å². The van der Waals surface area contributed by atoms with E-state index in [1.807, 2.05) is 20.8 Å². The zero-order valence-electron chi connectivity index (χ0n) is 8.77. The fourth-order valence-corrected chi connectivity index (χ4v) is 0.986. The van der Waals surface area contributed by atoms with Gasteiger partial charge >= 0.3 is 5.69 Å². The molecule has 0 aliphatic rings. The summed E-state index contributed by atoms with van der Waals surface area (Å²) in [4.78, 5) is 14.8. The van der Waals surface area contributed by atoms with E-state index in [0.29, 0.717) is 0 Å². The van der Waals surface area contributed by atoms with Crippen LogP contribution < -0.4 is 5.69 Å². The minimum Gasteiger partial charge on any atom is -0.391 e. The maximum absolute atomic E-state index is 11.2. The summed E-state index contributed by atoms with van der Waals surface area (Å²) in [6.07, 6.45) is 2.52. The van der Waals surface area contributed by atoms with Crippen LogP contribution in [0.15, 0.2) is 23.3 Å². The number of aromatic nitrogens is 2. The van der Waals surface area contributed by atoms with Gasteiger partial charge in [-0.15, -0.1) is 0 Å². The van der Waals surface area contributed by atoms with Crippen molar-refractivity contribution >= 4 is 0 Å². The van der Waals surface area contributed by atoms with Gasteiger partial charge in [-0.3, -0.25) is 4.57 Å². The zero-order valence-corrected chi connectivity index (χ0v) is 8.77. The van der Waals surface area contributed by atoms with Gasteiger partial charge in [0.2, 0.25) is 0 Å². The van der Waals surface area contributed by atoms with Gasteiger partial charge in [-0.1, -0.05) is 20.8 Å². The molecular weight excluding hydrogens is 180 g/mol. The van der Waals surface area contributed by atoms with Crippen LogP contribution in [0.3, 0.4) is 0 Å². The van der Waals surface area contributed by atoms with Crippen LogP contribution in [0.5, 0.6) is 0 Å². The number of rotatable bonds is 2. The van der Waals surface area contributed by atoms with Gasteiger partial charge in [0.05, 0.1) is 12.6 Å². The van der Waals surface area contributed by atoms with Gasteiger partial charge in [-0.05, 0) is 11.5 Å². The van der Waals surface area contributed by atoms with Crippen molar-refractivity contribution in [3.8, 4) is 0 Å². The summed E-state index contributed by atoms with van der Waals surface area (Å²) in [5, 5.41) is 9.78. The Hall–Kier alpha value is -1.16. The van der Waals surface area contributed by atoms with Crippen molar-refractivity contribution in [1.82, 2.24) is 9.55 Å². The summed E-state index contributed by atoms with van der Waals surface area (Å²) in [6.45, 7) is 6.08. The number of hydrogen-bond donors (Lipinski definition) is 1. The molecule has 0 saturated carbocycles. The van der Waals surface area contributed by atoms with Crippen LogP contribution in [-0.4, -0.2) is 20.8 Å². The molecule has 0 fully saturated rings. The lowest BCUT2D eigenvalue weighted by Crippen LogP contribution is -2.35. The molecular formula is C10H16N2O2. The second-order valence-electron chi connectivity index (χ2n) is 4.44. The highest BCUT2D eigenvalue weighted by molar-refractivity contribution is 4.83. The van der Waals surface area contributed by atoms with Crippen molar-refractivity contribution in [3.05, 3.63) is 28.9 Å². The molecule has 0 saturated heterocycles. The summed E-state index contributed by atoms with van der Waals surface area (Å²) in [5.41, 5.74) is -0.550. The molecule has 0 radical (unpaired) electrons. The molecule has 1 rings (SSSR count). The molecule has 0 bridgehead atoms. The summed E-state index contributed by atoms with van der Waals surface area (Å²) in [5.74, 6) is 0. The smallest absolute Gasteiger partial charge is 0.347 e. The van der Waals surface area contributed by atoms with E-state index in [2.05, 4.69) is 4.98 Å². The second kappa shape index (κ2) is 3.92. The Morgan fingerprint density at radius 1 is 1.57 bits per heavy atom. The summed E-state index contributed by atoms with van der Waals surface area (Å²) >= 11 is 0. The molecule has 4 heteroatoms. The van der Waals surface area contributed by atoms with E-state index in [1.165, 1.54) is 10.8 Å². The van der Waals surface area contributed by atoms with Gasteiger partial charge in [0.15, 0.2) is 0 Å². The Morgan fingerprint density at radius 3 is 2.71 bits per heavy atom. The van der Waals surface area contributed by atoms with Crippen molar-refractivity contribution in [3.63, 3.8) is 0 Å². The molecule has 0 aromatic carbocycles. The summed E-state index contributed by atoms with van der Waals surface area (Å²) < 4.78 is 1.41. The first-order valence-electron chi connectivity index (χ1n) is 4.61. The molecule has 0 aliphatic carbocycles. The maximum atomic E-state index is 11.2. The van der Waals surface area contributed by atoms with E-state index < -0.39 is 6.10 Å². The van der Waals surface area contributed by atoms with Crippen molar-refractivity contribution in [2.45, 2.75) is 33.4 Å². The minimum absolute atomic E-state index is 0.227. The number of nitrogens with zero attached hydrogens (tertiary/aromatic N) is 2. The lowest BCUT2D eigenvalue weighted by Gasteiger charge is -2.25. The van der Waals surface area contributed by atoms with Gasteiger partial charge in [-0.25, -0.2) is 9.78 Å². The molecule has 1 heterocycles. The third kappa shape index (κ3) is 2.67. The van der Waals surface area contributed by atoms with E-state index in [0.717, 1.165) is 0 Å². The third-order valence-corrected chi connectivity index (χ3v) is 2.15. The quantitative estimate of drug-likeness (QED) is 0.755. The largest absolute Gasteiger partial charge is 0.391 e. The van der Waals surface area contributed by atoms with Crippen LogP contribution in [0.1, 0.15) is 20.8 Å². The average Bonchev–Trinajstić information content (AvgIpc) is 2.07. The maximum Gasteiger partial charge on any atom is 0.347 e. The summed E-state index contributed by atoms with van der Waals surface area (Å²) in [7, 11) is 0. The highest BCUT2D eigenvalue weighted by Gasteiger charge is 2.22. The number of hydrogen-bond acceptors (Lipinski definition) is 3. The van der Waals surface area contributed by atoms with Crippen LogP contribution in [0.4, 0.5) is 0 Å². The molecule has 0 amide bonds. The molecule has 78 valence electrons. The molecule has 14 heavy (non-hydrogen) atoms. The molecule has 1 atom stereocenters. The van der Waals surface area contributed by atoms with E-state index in [1.54, 1.807) is 12.3 Å². The number of aliphatic hydroxyl groups is 1. The molecule has 1 N–H and O–H groups in total. The van der Waals surface area contributed by atoms with Crippen LogP contribution in [0.25, 0.3) is 0 Å². The monoisotopic (exact) mass is 196 g/mol. The second-order valence-corrected chi connectivity index (χ2v) is 4.44. The highest BCUT2D eigenvalue weighted by atomic mass is 16.3. The highest BCUT2D eigenvalue weighted by Crippen LogP contribution is 2.19. The Kier molecular flexibility index (Phi) is 3.06. The van der Waals surface area contributed by atoms with Gasteiger partial charge in [0.25, 0.3) is 0 Å². The number of aliphatic hydroxyl groups excluding tert-OH is 1. The lowest BCUT2D eigenvalue weighted by atomic mass is 9.89. The molecule has 1 unspecified atom stereocenters. The fraction of sp³-hybridized carbons (Fsp3) is 0.600. The van der Waals surface area contributed by atoms with Gasteiger partial charge in [0.1, 0.15) is 0 Å². The minimum atomic E-state index is -0.551. The SMILES string of the molecule is CC(C)(C)C(O)Cn1cccnc1=O. The van der Waals surface area contributed by atoms with Gasteiger partial charge in [0, 0.05) is 12.4 Å². The first kappa shape index (κ1) is 10.9. The molecule has 1 aromatic rings. The Bertz CT molecular complexity index is 352. The Morgan fingerprint density at radius 2 is 2.21 bits per heavy atom. The van der Waals surface area contributed by atoms with Crippen molar-refractivity contribution < 1.29 is 5.11 Å². The molecule has 0 aliphatic heterocycles. The third-order valence-electron chi connectivity index (χ3n) is 2.15. The molecule has 0 spiro atoms. The molecule has 1 aromatic heterocycles. The summed E-state index contributed by atoms with van der Waals surface area (Å²) in [6, 6.07) is 1.68. The van der Waals surface area contributed by atoms with E-state index in [4.69, 9.17) is 0 Å². The Labute approximate surface area is 83.2 Å². The zero-order chi connectivity index (χ0) is 10.8. The van der Waals surface area contributed by atoms with Gasteiger partial charge < -0.3 is 5.11 Å². The first-order chi connectivity index (χ1) is 6.41. The Balaban J connectivity index is 2.80. The van der Waals surface area contributed by atoms with Crippen LogP contribution in [0, 0.1) is 5.41 Å². The van der Waals surface area contributed by atoms with Crippen LogP contribution in [0.2, 0.25) is 0 Å². The van der Waals surface area contributed by atoms with Crippen LogP contribution in [-0.2, 0) is 6.54 Å². The predicted octanol–water partition coefficient (Wildman–Crippen LogP) is 0.650. The van der Waals surface area contributed by atoms with E-state index >= 15 is 0 Å². The fourth-order valence-electron chi connectivity index (χ4n) is 0.986. The van der Waals surface area contributed by atoms with E-state index in [9.17, 15) is 9.90 Å². The normalized spacial score (nSPS) is 14.0. The molecule has 4 nitrogen and oxygen atoms in total. The predicted molar refractivity (Wildman–Crippen MR) is 54.0 cm³/mol. The first-order valence-corrected chi connectivity index (χ1v) is 4.61.